The molecule has 1 heterocycles. The molecule has 1 aliphatic heterocycles. The third-order valence-corrected chi connectivity index (χ3v) is 3.85. The number of carbonyl (C=O) groups excluding carboxylic acids is 2. The summed E-state index contributed by atoms with van der Waals surface area (Å²) < 4.78 is 10.5. The number of hydrogen-bond donors (Lipinski definition) is 1. The Morgan fingerprint density at radius 1 is 1.30 bits per heavy atom. The quantitative estimate of drug-likeness (QED) is 0.728. The van der Waals surface area contributed by atoms with E-state index < -0.39 is 0 Å². The average molecular weight is 320 g/mol. The fraction of sp³-hybridized carbons (Fsp3) is 0.529. The lowest BCUT2D eigenvalue weighted by Gasteiger charge is -2.31. The van der Waals surface area contributed by atoms with E-state index in [1.807, 2.05) is 30.3 Å². The van der Waals surface area contributed by atoms with Gasteiger partial charge in [-0.2, -0.15) is 0 Å². The first-order valence-electron chi connectivity index (χ1n) is 7.93. The minimum Gasteiger partial charge on any atom is -0.492 e. The molecule has 1 fully saturated rings. The van der Waals surface area contributed by atoms with Gasteiger partial charge in [0, 0.05) is 26.6 Å². The standard InChI is InChI=1S/C17H24N2O4/c1-22-12-10-19-13-14(7-8-16(19)20)17(21)18-9-11-23-15-5-3-2-4-6-15/h2-6,14H,7-13H2,1H3,(H,18,21). The lowest BCUT2D eigenvalue weighted by Crippen LogP contribution is -2.47. The summed E-state index contributed by atoms with van der Waals surface area (Å²) in [5.41, 5.74) is 0. The third kappa shape index (κ3) is 5.56. The molecular weight excluding hydrogens is 296 g/mol. The minimum atomic E-state index is -0.152. The number of likely N-dealkylation sites (tertiary alicyclic amines) is 1. The average Bonchev–Trinajstić information content (AvgIpc) is 2.58. The van der Waals surface area contributed by atoms with Gasteiger partial charge in [-0.15, -0.1) is 0 Å². The van der Waals surface area contributed by atoms with Gasteiger partial charge in [0.25, 0.3) is 0 Å². The highest BCUT2D eigenvalue weighted by atomic mass is 16.5. The molecule has 6 nitrogen and oxygen atoms in total. The Balaban J connectivity index is 1.69. The maximum absolute atomic E-state index is 12.2. The van der Waals surface area contributed by atoms with Gasteiger partial charge in [0.15, 0.2) is 0 Å². The van der Waals surface area contributed by atoms with E-state index in [-0.39, 0.29) is 17.7 Å². The van der Waals surface area contributed by atoms with Crippen molar-refractivity contribution < 1.29 is 19.1 Å². The number of piperidine rings is 1. The van der Waals surface area contributed by atoms with E-state index >= 15 is 0 Å². The van der Waals surface area contributed by atoms with E-state index in [2.05, 4.69) is 5.32 Å². The largest absolute Gasteiger partial charge is 0.492 e. The summed E-state index contributed by atoms with van der Waals surface area (Å²) >= 11 is 0. The Morgan fingerprint density at radius 2 is 2.09 bits per heavy atom. The van der Waals surface area contributed by atoms with E-state index in [0.717, 1.165) is 5.75 Å². The highest BCUT2D eigenvalue weighted by Crippen LogP contribution is 2.17. The van der Waals surface area contributed by atoms with Gasteiger partial charge in [-0.25, -0.2) is 0 Å². The highest BCUT2D eigenvalue weighted by Gasteiger charge is 2.29. The van der Waals surface area contributed by atoms with Crippen molar-refractivity contribution in [1.29, 1.82) is 0 Å². The molecule has 1 atom stereocenters. The second-order valence-corrected chi connectivity index (χ2v) is 5.52. The minimum absolute atomic E-state index is 0.0171. The molecule has 1 aromatic rings. The molecule has 0 saturated carbocycles. The molecule has 0 aromatic heterocycles. The van der Waals surface area contributed by atoms with Crippen molar-refractivity contribution in [2.45, 2.75) is 12.8 Å². The second kappa shape index (κ2) is 9.15. The van der Waals surface area contributed by atoms with Crippen molar-refractivity contribution in [2.24, 2.45) is 5.92 Å². The maximum atomic E-state index is 12.2. The summed E-state index contributed by atoms with van der Waals surface area (Å²) in [6, 6.07) is 9.49. The molecule has 6 heteroatoms. The smallest absolute Gasteiger partial charge is 0.225 e. The third-order valence-electron chi connectivity index (χ3n) is 3.85. The summed E-state index contributed by atoms with van der Waals surface area (Å²) in [6.45, 7) is 2.37. The molecule has 1 aliphatic rings. The molecule has 126 valence electrons. The maximum Gasteiger partial charge on any atom is 0.225 e. The number of carbonyl (C=O) groups is 2. The van der Waals surface area contributed by atoms with Crippen LogP contribution in [0.3, 0.4) is 0 Å². The van der Waals surface area contributed by atoms with Crippen LogP contribution in [0.2, 0.25) is 0 Å². The van der Waals surface area contributed by atoms with Gasteiger partial charge in [-0.1, -0.05) is 18.2 Å². The zero-order chi connectivity index (χ0) is 16.5. The summed E-state index contributed by atoms with van der Waals surface area (Å²) in [4.78, 5) is 25.7. The van der Waals surface area contributed by atoms with Crippen LogP contribution in [0.15, 0.2) is 30.3 Å². The number of nitrogens with one attached hydrogen (secondary N) is 1. The number of para-hydroxylation sites is 1. The van der Waals surface area contributed by atoms with Gasteiger partial charge in [0.1, 0.15) is 12.4 Å². The monoisotopic (exact) mass is 320 g/mol. The fourth-order valence-electron chi connectivity index (χ4n) is 2.55. The van der Waals surface area contributed by atoms with Crippen molar-refractivity contribution in [1.82, 2.24) is 10.2 Å². The first kappa shape index (κ1) is 17.3. The number of amides is 2. The molecular formula is C17H24N2O4. The van der Waals surface area contributed by atoms with E-state index in [4.69, 9.17) is 9.47 Å². The molecule has 0 bridgehead atoms. The van der Waals surface area contributed by atoms with E-state index in [0.29, 0.717) is 45.7 Å². The predicted octanol–water partition coefficient (Wildman–Crippen LogP) is 1.07. The first-order chi connectivity index (χ1) is 11.2. The van der Waals surface area contributed by atoms with Gasteiger partial charge in [-0.05, 0) is 18.6 Å². The van der Waals surface area contributed by atoms with Gasteiger partial charge in [-0.3, -0.25) is 9.59 Å². The molecule has 1 saturated heterocycles. The predicted molar refractivity (Wildman–Crippen MR) is 86.1 cm³/mol. The van der Waals surface area contributed by atoms with Crippen molar-refractivity contribution in [3.05, 3.63) is 30.3 Å². The molecule has 0 radical (unpaired) electrons. The Hall–Kier alpha value is -2.08. The number of ether oxygens (including phenoxy) is 2. The molecule has 0 aliphatic carbocycles. The molecule has 2 rings (SSSR count). The van der Waals surface area contributed by atoms with E-state index in [9.17, 15) is 9.59 Å². The van der Waals surface area contributed by atoms with Crippen LogP contribution in [0.25, 0.3) is 0 Å². The van der Waals surface area contributed by atoms with E-state index in [1.165, 1.54) is 0 Å². The second-order valence-electron chi connectivity index (χ2n) is 5.52. The zero-order valence-electron chi connectivity index (χ0n) is 13.5. The van der Waals surface area contributed by atoms with Crippen molar-refractivity contribution in [2.75, 3.05) is 40.0 Å². The van der Waals surface area contributed by atoms with Gasteiger partial charge >= 0.3 is 0 Å². The summed E-state index contributed by atoms with van der Waals surface area (Å²) in [5, 5.41) is 2.88. The van der Waals surface area contributed by atoms with Crippen LogP contribution in [0, 0.1) is 5.92 Å². The van der Waals surface area contributed by atoms with Gasteiger partial charge in [0.05, 0.1) is 19.1 Å². The Kier molecular flexibility index (Phi) is 6.87. The lowest BCUT2D eigenvalue weighted by atomic mass is 9.96. The number of methoxy groups -OCH3 is 1. The van der Waals surface area contributed by atoms with Crippen LogP contribution in [0.5, 0.6) is 5.75 Å². The Labute approximate surface area is 136 Å². The normalized spacial score (nSPS) is 17.9. The molecule has 1 N–H and O–H groups in total. The number of benzene rings is 1. The summed E-state index contributed by atoms with van der Waals surface area (Å²) in [5.74, 6) is 0.715. The van der Waals surface area contributed by atoms with Crippen LogP contribution in [0.4, 0.5) is 0 Å². The number of hydrogen-bond acceptors (Lipinski definition) is 4. The van der Waals surface area contributed by atoms with Crippen LogP contribution in [-0.2, 0) is 14.3 Å². The van der Waals surface area contributed by atoms with Crippen LogP contribution in [-0.4, -0.2) is 56.7 Å². The van der Waals surface area contributed by atoms with Crippen molar-refractivity contribution in [3.8, 4) is 5.75 Å². The number of rotatable bonds is 8. The van der Waals surface area contributed by atoms with Crippen LogP contribution >= 0.6 is 0 Å². The topological polar surface area (TPSA) is 67.9 Å². The highest BCUT2D eigenvalue weighted by molar-refractivity contribution is 5.83. The molecule has 0 spiro atoms. The van der Waals surface area contributed by atoms with Gasteiger partial charge in [0.2, 0.25) is 11.8 Å². The molecule has 23 heavy (non-hydrogen) atoms. The van der Waals surface area contributed by atoms with E-state index in [1.54, 1.807) is 12.0 Å². The van der Waals surface area contributed by atoms with Crippen molar-refractivity contribution in [3.63, 3.8) is 0 Å². The summed E-state index contributed by atoms with van der Waals surface area (Å²) in [6.07, 6.45) is 1.02. The fourth-order valence-corrected chi connectivity index (χ4v) is 2.55. The SMILES string of the molecule is COCCN1CC(C(=O)NCCOc2ccccc2)CCC1=O. The lowest BCUT2D eigenvalue weighted by molar-refractivity contribution is -0.138. The number of nitrogens with zero attached hydrogens (tertiary/aromatic N) is 1. The molecule has 1 unspecified atom stereocenters. The van der Waals surface area contributed by atoms with Crippen LogP contribution < -0.4 is 10.1 Å². The molecule has 2 amide bonds. The summed E-state index contributed by atoms with van der Waals surface area (Å²) in [7, 11) is 1.60. The van der Waals surface area contributed by atoms with Crippen molar-refractivity contribution >= 4 is 11.8 Å². The zero-order valence-corrected chi connectivity index (χ0v) is 13.5. The van der Waals surface area contributed by atoms with Crippen LogP contribution in [0.1, 0.15) is 12.8 Å². The Morgan fingerprint density at radius 3 is 2.83 bits per heavy atom. The first-order valence-corrected chi connectivity index (χ1v) is 7.93. The Bertz CT molecular complexity index is 507. The molecule has 1 aromatic carbocycles. The van der Waals surface area contributed by atoms with Gasteiger partial charge < -0.3 is 19.7 Å².